The van der Waals surface area contributed by atoms with Gasteiger partial charge in [0.05, 0.1) is 0 Å². The topological polar surface area (TPSA) is 69.6 Å². The van der Waals surface area contributed by atoms with Gasteiger partial charge < -0.3 is 10.4 Å². The Labute approximate surface area is 106 Å². The summed E-state index contributed by atoms with van der Waals surface area (Å²) in [5.74, 6) is 0. The third kappa shape index (κ3) is 4.45. The molecule has 0 atom stereocenters. The lowest BCUT2D eigenvalue weighted by Crippen LogP contribution is -2.39. The van der Waals surface area contributed by atoms with Gasteiger partial charge in [0.15, 0.2) is 0 Å². The molecule has 0 aliphatic rings. The number of rotatable bonds is 5. The Balaban J connectivity index is 2.57. The molecular weight excluding hydrogens is 232 g/mol. The van der Waals surface area contributed by atoms with Crippen molar-refractivity contribution in [2.75, 3.05) is 11.9 Å². The molecule has 0 fully saturated rings. The monoisotopic (exact) mass is 250 g/mol. The molecule has 0 saturated carbocycles. The van der Waals surface area contributed by atoms with Gasteiger partial charge in [0.2, 0.25) is 0 Å². The Morgan fingerprint density at radius 1 is 1.22 bits per heavy atom. The second-order valence-electron chi connectivity index (χ2n) is 3.94. The van der Waals surface area contributed by atoms with Crippen LogP contribution < -0.4 is 5.32 Å². The fourth-order valence-corrected chi connectivity index (χ4v) is 1.52. The molecule has 0 aliphatic carbocycles. The summed E-state index contributed by atoms with van der Waals surface area (Å²) in [6, 6.07) is 8.19. The molecule has 5 nitrogen and oxygen atoms in total. The maximum Gasteiger partial charge on any atom is 0.415 e. The third-order valence-electron chi connectivity index (χ3n) is 2.49. The molecule has 1 aromatic rings. The Kier molecular flexibility index (Phi) is 5.70. The quantitative estimate of drug-likeness (QED) is 0.787. The van der Waals surface area contributed by atoms with Crippen molar-refractivity contribution in [1.29, 1.82) is 0 Å². The van der Waals surface area contributed by atoms with E-state index in [0.717, 1.165) is 17.7 Å². The molecule has 0 unspecified atom stereocenters. The Morgan fingerprint density at radius 2 is 1.89 bits per heavy atom. The molecule has 0 aliphatic heterocycles. The first-order chi connectivity index (χ1) is 8.65. The summed E-state index contributed by atoms with van der Waals surface area (Å²) in [6.07, 6.45) is 1.35. The average Bonchev–Trinajstić information content (AvgIpc) is 2.35. The van der Waals surface area contributed by atoms with Crippen LogP contribution >= 0.6 is 0 Å². The third-order valence-corrected chi connectivity index (χ3v) is 2.49. The number of amides is 3. The summed E-state index contributed by atoms with van der Waals surface area (Å²) in [7, 11) is 0. The van der Waals surface area contributed by atoms with E-state index in [1.807, 2.05) is 13.0 Å². The summed E-state index contributed by atoms with van der Waals surface area (Å²) >= 11 is 0. The number of nitrogens with zero attached hydrogens (tertiary/aromatic N) is 1. The number of anilines is 1. The molecule has 1 aromatic carbocycles. The molecule has 3 amide bonds. The van der Waals surface area contributed by atoms with Gasteiger partial charge >= 0.3 is 12.1 Å². The normalized spacial score (nSPS) is 9.83. The maximum absolute atomic E-state index is 11.8. The van der Waals surface area contributed by atoms with E-state index in [9.17, 15) is 9.59 Å². The number of benzene rings is 1. The van der Waals surface area contributed by atoms with Gasteiger partial charge in [0.25, 0.3) is 0 Å². The van der Waals surface area contributed by atoms with Crippen molar-refractivity contribution in [3.63, 3.8) is 0 Å². The first kappa shape index (κ1) is 14.0. The highest BCUT2D eigenvalue weighted by Crippen LogP contribution is 2.08. The van der Waals surface area contributed by atoms with Crippen LogP contribution in [0.5, 0.6) is 0 Å². The Bertz CT molecular complexity index is 392. The van der Waals surface area contributed by atoms with Crippen molar-refractivity contribution in [2.45, 2.75) is 26.2 Å². The molecule has 0 saturated heterocycles. The average molecular weight is 250 g/mol. The summed E-state index contributed by atoms with van der Waals surface area (Å²) < 4.78 is 0. The van der Waals surface area contributed by atoms with Crippen LogP contribution in [0.4, 0.5) is 15.3 Å². The Hall–Kier alpha value is -2.04. The van der Waals surface area contributed by atoms with Crippen molar-refractivity contribution in [3.05, 3.63) is 30.3 Å². The number of nitrogens with one attached hydrogen (secondary N) is 1. The second kappa shape index (κ2) is 7.32. The first-order valence-corrected chi connectivity index (χ1v) is 6.01. The lowest BCUT2D eigenvalue weighted by molar-refractivity contribution is 0.152. The predicted octanol–water partition coefficient (Wildman–Crippen LogP) is 3.39. The van der Waals surface area contributed by atoms with E-state index >= 15 is 0 Å². The molecule has 98 valence electrons. The largest absolute Gasteiger partial charge is 0.465 e. The zero-order valence-corrected chi connectivity index (χ0v) is 10.4. The molecule has 0 aromatic heterocycles. The SMILES string of the molecule is CCCCCN(C(=O)O)C(=O)Nc1ccccc1. The fourth-order valence-electron chi connectivity index (χ4n) is 1.52. The van der Waals surface area contributed by atoms with Crippen LogP contribution in [0.1, 0.15) is 26.2 Å². The number of hydrogen-bond donors (Lipinski definition) is 2. The van der Waals surface area contributed by atoms with E-state index in [1.54, 1.807) is 24.3 Å². The van der Waals surface area contributed by atoms with Gasteiger partial charge in [-0.1, -0.05) is 38.0 Å². The lowest BCUT2D eigenvalue weighted by Gasteiger charge is -2.17. The molecule has 0 radical (unpaired) electrons. The van der Waals surface area contributed by atoms with E-state index in [0.29, 0.717) is 12.1 Å². The zero-order valence-electron chi connectivity index (χ0n) is 10.4. The number of para-hydroxylation sites is 1. The molecule has 0 bridgehead atoms. The molecular formula is C13H18N2O3. The summed E-state index contributed by atoms with van der Waals surface area (Å²) in [5, 5.41) is 11.5. The molecule has 5 heteroatoms. The van der Waals surface area contributed by atoms with Crippen molar-refractivity contribution in [3.8, 4) is 0 Å². The van der Waals surface area contributed by atoms with Gasteiger partial charge in [0, 0.05) is 12.2 Å². The van der Waals surface area contributed by atoms with Gasteiger partial charge in [-0.2, -0.15) is 0 Å². The lowest BCUT2D eigenvalue weighted by atomic mass is 10.2. The highest BCUT2D eigenvalue weighted by atomic mass is 16.4. The van der Waals surface area contributed by atoms with Crippen LogP contribution in [0.3, 0.4) is 0 Å². The molecule has 0 heterocycles. The van der Waals surface area contributed by atoms with E-state index in [-0.39, 0.29) is 6.54 Å². The fraction of sp³-hybridized carbons (Fsp3) is 0.385. The zero-order chi connectivity index (χ0) is 13.4. The van der Waals surface area contributed by atoms with E-state index in [1.165, 1.54) is 0 Å². The van der Waals surface area contributed by atoms with Crippen LogP contribution in [0.2, 0.25) is 0 Å². The van der Waals surface area contributed by atoms with E-state index < -0.39 is 12.1 Å². The number of hydrogen-bond acceptors (Lipinski definition) is 2. The first-order valence-electron chi connectivity index (χ1n) is 6.01. The van der Waals surface area contributed by atoms with Gasteiger partial charge in [-0.05, 0) is 18.6 Å². The molecule has 2 N–H and O–H groups in total. The molecule has 1 rings (SSSR count). The van der Waals surface area contributed by atoms with E-state index in [4.69, 9.17) is 5.11 Å². The number of carbonyl (C=O) groups excluding carboxylic acids is 1. The number of carbonyl (C=O) groups is 2. The maximum atomic E-state index is 11.8. The minimum atomic E-state index is -1.22. The summed E-state index contributed by atoms with van der Waals surface area (Å²) in [5.41, 5.74) is 0.587. The van der Waals surface area contributed by atoms with Crippen LogP contribution in [0.25, 0.3) is 0 Å². The van der Waals surface area contributed by atoms with Crippen LogP contribution in [0, 0.1) is 0 Å². The molecule has 18 heavy (non-hydrogen) atoms. The summed E-state index contributed by atoms with van der Waals surface area (Å²) in [4.78, 5) is 23.6. The van der Waals surface area contributed by atoms with E-state index in [2.05, 4.69) is 5.32 Å². The van der Waals surface area contributed by atoms with Crippen molar-refractivity contribution >= 4 is 17.8 Å². The minimum Gasteiger partial charge on any atom is -0.465 e. The second-order valence-corrected chi connectivity index (χ2v) is 3.94. The highest BCUT2D eigenvalue weighted by molar-refractivity contribution is 5.98. The van der Waals surface area contributed by atoms with Crippen molar-refractivity contribution in [2.24, 2.45) is 0 Å². The number of urea groups is 1. The van der Waals surface area contributed by atoms with Crippen LogP contribution in [0.15, 0.2) is 30.3 Å². The van der Waals surface area contributed by atoms with Crippen LogP contribution in [-0.4, -0.2) is 28.7 Å². The van der Waals surface area contributed by atoms with Gasteiger partial charge in [0.1, 0.15) is 0 Å². The number of imide groups is 1. The smallest absolute Gasteiger partial charge is 0.415 e. The van der Waals surface area contributed by atoms with Crippen LogP contribution in [-0.2, 0) is 0 Å². The van der Waals surface area contributed by atoms with Crippen molar-refractivity contribution in [1.82, 2.24) is 4.90 Å². The van der Waals surface area contributed by atoms with Gasteiger partial charge in [-0.15, -0.1) is 0 Å². The van der Waals surface area contributed by atoms with Gasteiger partial charge in [-0.25, -0.2) is 14.5 Å². The Morgan fingerprint density at radius 3 is 2.44 bits per heavy atom. The highest BCUT2D eigenvalue weighted by Gasteiger charge is 2.19. The van der Waals surface area contributed by atoms with Gasteiger partial charge in [-0.3, -0.25) is 0 Å². The predicted molar refractivity (Wildman–Crippen MR) is 69.7 cm³/mol. The summed E-state index contributed by atoms with van der Waals surface area (Å²) in [6.45, 7) is 2.25. The number of unbranched alkanes of at least 4 members (excludes halogenated alkanes) is 2. The standard InChI is InChI=1S/C13H18N2O3/c1-2-3-7-10-15(13(17)18)12(16)14-11-8-5-4-6-9-11/h4-6,8-9H,2-3,7,10H2,1H3,(H,14,16)(H,17,18). The molecule has 0 spiro atoms. The number of carboxylic acid groups (broad SMARTS) is 1. The minimum absolute atomic E-state index is 0.224. The van der Waals surface area contributed by atoms with Crippen molar-refractivity contribution < 1.29 is 14.7 Å².